The molecule has 1 amide bonds. The molecule has 11 heteroatoms. The first-order valence-electron chi connectivity index (χ1n) is 11.8. The summed E-state index contributed by atoms with van der Waals surface area (Å²) in [5.74, 6) is 0.324. The first-order valence-corrected chi connectivity index (χ1v) is 15.3. The van der Waals surface area contributed by atoms with Crippen molar-refractivity contribution in [3.8, 4) is 0 Å². The van der Waals surface area contributed by atoms with Crippen molar-refractivity contribution in [3.63, 3.8) is 0 Å². The van der Waals surface area contributed by atoms with Gasteiger partial charge in [-0.2, -0.15) is 4.31 Å². The predicted molar refractivity (Wildman–Crippen MR) is 146 cm³/mol. The first kappa shape index (κ1) is 25.9. The summed E-state index contributed by atoms with van der Waals surface area (Å²) in [5, 5.41) is 0.544. The van der Waals surface area contributed by atoms with Crippen LogP contribution in [0.25, 0.3) is 10.2 Å². The van der Waals surface area contributed by atoms with E-state index in [-0.39, 0.29) is 29.6 Å². The van der Waals surface area contributed by atoms with Crippen molar-refractivity contribution in [1.82, 2.24) is 9.29 Å². The average Bonchev–Trinajstić information content (AvgIpc) is 3.55. The summed E-state index contributed by atoms with van der Waals surface area (Å²) in [6, 6.07) is 15.7. The van der Waals surface area contributed by atoms with Gasteiger partial charge in [0.2, 0.25) is 10.0 Å². The van der Waals surface area contributed by atoms with E-state index in [1.807, 2.05) is 32.2 Å². The van der Waals surface area contributed by atoms with E-state index >= 15 is 0 Å². The maximum atomic E-state index is 13.7. The fraction of sp³-hybridized carbons (Fsp3) is 0.308. The fourth-order valence-corrected chi connectivity index (χ4v) is 7.43. The van der Waals surface area contributed by atoms with Crippen LogP contribution in [0.2, 0.25) is 0 Å². The van der Waals surface area contributed by atoms with Gasteiger partial charge in [-0.05, 0) is 74.7 Å². The second kappa shape index (κ2) is 10.6. The molecule has 37 heavy (non-hydrogen) atoms. The molecule has 1 aliphatic rings. The summed E-state index contributed by atoms with van der Waals surface area (Å²) in [6.45, 7) is 4.50. The summed E-state index contributed by atoms with van der Waals surface area (Å²) in [6.07, 6.45) is 3.21. The second-order valence-electron chi connectivity index (χ2n) is 8.90. The smallest absolute Gasteiger partial charge is 0.260 e. The van der Waals surface area contributed by atoms with E-state index in [9.17, 15) is 13.2 Å². The molecule has 5 rings (SSSR count). The lowest BCUT2D eigenvalue weighted by atomic mass is 10.2. The summed E-state index contributed by atoms with van der Waals surface area (Å²) in [5.41, 5.74) is 1.17. The zero-order chi connectivity index (χ0) is 26.2. The Morgan fingerprint density at radius 1 is 1.14 bits per heavy atom. The molecule has 2 aromatic carbocycles. The van der Waals surface area contributed by atoms with Crippen LogP contribution in [-0.2, 0) is 21.3 Å². The highest BCUT2D eigenvalue weighted by Gasteiger charge is 2.32. The van der Waals surface area contributed by atoms with Gasteiger partial charge in [-0.25, -0.2) is 13.4 Å². The van der Waals surface area contributed by atoms with Crippen molar-refractivity contribution in [1.29, 1.82) is 0 Å². The number of fused-ring (bicyclic) bond motifs is 1. The summed E-state index contributed by atoms with van der Waals surface area (Å²) in [4.78, 5) is 21.2. The van der Waals surface area contributed by atoms with Gasteiger partial charge in [0.25, 0.3) is 5.91 Å². The molecule has 2 atom stereocenters. The number of thiazole rings is 1. The Morgan fingerprint density at radius 2 is 1.86 bits per heavy atom. The van der Waals surface area contributed by atoms with E-state index in [2.05, 4.69) is 6.07 Å². The van der Waals surface area contributed by atoms with Gasteiger partial charge in [0.05, 0.1) is 40.1 Å². The number of benzene rings is 2. The third kappa shape index (κ3) is 5.46. The molecule has 1 fully saturated rings. The lowest BCUT2D eigenvalue weighted by Crippen LogP contribution is -2.48. The molecular formula is C26H27N3O5S3. The Morgan fingerprint density at radius 3 is 2.51 bits per heavy atom. The van der Waals surface area contributed by atoms with Gasteiger partial charge in [0.15, 0.2) is 5.13 Å². The van der Waals surface area contributed by atoms with Crippen LogP contribution < -0.4 is 4.90 Å². The Bertz CT molecular complexity index is 1490. The number of rotatable bonds is 7. The van der Waals surface area contributed by atoms with Crippen LogP contribution in [-0.4, -0.2) is 55.2 Å². The molecule has 0 aliphatic carbocycles. The molecule has 0 spiro atoms. The lowest BCUT2D eigenvalue weighted by Gasteiger charge is -2.34. The van der Waals surface area contributed by atoms with E-state index in [1.54, 1.807) is 47.2 Å². The number of carbonyl (C=O) groups excluding carboxylic acids is 1. The minimum atomic E-state index is -3.71. The number of anilines is 1. The molecule has 0 radical (unpaired) electrons. The number of amides is 1. The predicted octanol–water partition coefficient (Wildman–Crippen LogP) is 5.26. The highest BCUT2D eigenvalue weighted by atomic mass is 32.2. The number of furan rings is 1. The van der Waals surface area contributed by atoms with Crippen LogP contribution in [0.15, 0.2) is 75.1 Å². The first-order chi connectivity index (χ1) is 17.7. The lowest BCUT2D eigenvalue weighted by molar-refractivity contribution is -0.0440. The van der Waals surface area contributed by atoms with Crippen molar-refractivity contribution in [3.05, 3.63) is 72.2 Å². The monoisotopic (exact) mass is 557 g/mol. The average molecular weight is 558 g/mol. The van der Waals surface area contributed by atoms with Crippen LogP contribution in [0.5, 0.6) is 0 Å². The van der Waals surface area contributed by atoms with E-state index in [4.69, 9.17) is 14.1 Å². The standard InChI is InChI=1S/C26H27N3O5S3/c1-17-14-28(15-18(2)34-17)37(31,32)22-9-6-19(7-10-22)25(30)29(16-20-5-4-12-33-20)26-27-23-11-8-21(35-3)13-24(23)36-26/h4-13,17-18H,14-16H2,1-3H3. The summed E-state index contributed by atoms with van der Waals surface area (Å²) >= 11 is 3.08. The zero-order valence-electron chi connectivity index (χ0n) is 20.7. The normalized spacial score (nSPS) is 18.8. The van der Waals surface area contributed by atoms with Crippen molar-refractivity contribution in [2.24, 2.45) is 0 Å². The molecule has 3 heterocycles. The van der Waals surface area contributed by atoms with Gasteiger partial charge in [0.1, 0.15) is 5.76 Å². The zero-order valence-corrected chi connectivity index (χ0v) is 23.1. The third-order valence-corrected chi connectivity index (χ3v) is 9.69. The van der Waals surface area contributed by atoms with Gasteiger partial charge < -0.3 is 9.15 Å². The Balaban J connectivity index is 1.44. The quantitative estimate of drug-likeness (QED) is 0.286. The van der Waals surface area contributed by atoms with Crippen LogP contribution in [0.3, 0.4) is 0 Å². The highest BCUT2D eigenvalue weighted by molar-refractivity contribution is 7.98. The molecule has 1 saturated heterocycles. The third-order valence-electron chi connectivity index (χ3n) is 6.08. The van der Waals surface area contributed by atoms with Gasteiger partial charge in [-0.3, -0.25) is 9.69 Å². The van der Waals surface area contributed by atoms with Crippen molar-refractivity contribution < 1.29 is 22.4 Å². The molecule has 2 aromatic heterocycles. The van der Waals surface area contributed by atoms with E-state index in [1.165, 1.54) is 27.8 Å². The maximum Gasteiger partial charge on any atom is 0.260 e. The number of sulfonamides is 1. The largest absolute Gasteiger partial charge is 0.467 e. The Labute approximate surface area is 224 Å². The number of ether oxygens (including phenoxy) is 1. The molecule has 0 bridgehead atoms. The Hall–Kier alpha value is -2.70. The van der Waals surface area contributed by atoms with Crippen LogP contribution in [0.4, 0.5) is 5.13 Å². The maximum absolute atomic E-state index is 13.7. The number of hydrogen-bond acceptors (Lipinski definition) is 8. The van der Waals surface area contributed by atoms with Gasteiger partial charge in [-0.15, -0.1) is 11.8 Å². The number of morpholine rings is 1. The minimum absolute atomic E-state index is 0.146. The van der Waals surface area contributed by atoms with Crippen molar-refractivity contribution in [2.75, 3.05) is 24.2 Å². The molecule has 4 aromatic rings. The SMILES string of the molecule is CSc1ccc2nc(N(Cc3ccco3)C(=O)c3ccc(S(=O)(=O)N4CC(C)OC(C)C4)cc3)sc2c1. The number of hydrogen-bond donors (Lipinski definition) is 0. The number of carbonyl (C=O) groups is 1. The fourth-order valence-electron chi connectivity index (χ4n) is 4.32. The minimum Gasteiger partial charge on any atom is -0.467 e. The van der Waals surface area contributed by atoms with Crippen LogP contribution >= 0.6 is 23.1 Å². The van der Waals surface area contributed by atoms with Gasteiger partial charge >= 0.3 is 0 Å². The Kier molecular flexibility index (Phi) is 7.42. The molecule has 2 unspecified atom stereocenters. The highest BCUT2D eigenvalue weighted by Crippen LogP contribution is 2.33. The number of nitrogens with zero attached hydrogens (tertiary/aromatic N) is 3. The van der Waals surface area contributed by atoms with Crippen LogP contribution in [0, 0.1) is 0 Å². The van der Waals surface area contributed by atoms with Crippen LogP contribution in [0.1, 0.15) is 30.0 Å². The molecule has 0 N–H and O–H groups in total. The molecule has 8 nitrogen and oxygen atoms in total. The van der Waals surface area contributed by atoms with Gasteiger partial charge in [-0.1, -0.05) is 11.3 Å². The van der Waals surface area contributed by atoms with E-state index in [0.29, 0.717) is 29.5 Å². The summed E-state index contributed by atoms with van der Waals surface area (Å²) < 4.78 is 40.1. The van der Waals surface area contributed by atoms with Crippen molar-refractivity contribution in [2.45, 2.75) is 42.4 Å². The van der Waals surface area contributed by atoms with E-state index in [0.717, 1.165) is 15.1 Å². The molecule has 1 aliphatic heterocycles. The van der Waals surface area contributed by atoms with E-state index < -0.39 is 10.0 Å². The number of aromatic nitrogens is 1. The molecular weight excluding hydrogens is 531 g/mol. The van der Waals surface area contributed by atoms with Gasteiger partial charge in [0, 0.05) is 23.5 Å². The molecule has 0 saturated carbocycles. The topological polar surface area (TPSA) is 93.0 Å². The van der Waals surface area contributed by atoms with Crippen molar-refractivity contribution >= 4 is 54.4 Å². The molecule has 194 valence electrons. The second-order valence-corrected chi connectivity index (χ2v) is 12.7. The number of thioether (sulfide) groups is 1. The summed E-state index contributed by atoms with van der Waals surface area (Å²) in [7, 11) is -3.71.